The molecule has 1 aromatic carbocycles. The van der Waals surface area contributed by atoms with Gasteiger partial charge in [-0.15, -0.1) is 0 Å². The molecule has 2 aromatic heterocycles. The molecule has 0 fully saturated rings. The number of halogens is 1. The number of carbonyl (C=O) groups is 2. The second-order valence-electron chi connectivity index (χ2n) is 12.7. The summed E-state index contributed by atoms with van der Waals surface area (Å²) < 4.78 is 23.7. The van der Waals surface area contributed by atoms with Gasteiger partial charge in [0.2, 0.25) is 5.91 Å². The average molecular weight is 587 g/mol. The van der Waals surface area contributed by atoms with Crippen LogP contribution in [-0.4, -0.2) is 62.9 Å². The van der Waals surface area contributed by atoms with E-state index in [2.05, 4.69) is 42.5 Å². The lowest BCUT2D eigenvalue weighted by Gasteiger charge is -2.36. The van der Waals surface area contributed by atoms with Gasteiger partial charge in [0.15, 0.2) is 17.4 Å². The van der Waals surface area contributed by atoms with Crippen LogP contribution in [0.4, 0.5) is 10.2 Å². The van der Waals surface area contributed by atoms with Crippen LogP contribution in [0.5, 0.6) is 5.75 Å². The molecule has 2 aliphatic carbocycles. The van der Waals surface area contributed by atoms with Crippen LogP contribution in [0.15, 0.2) is 37.2 Å². The minimum atomic E-state index is -0.326. The Kier molecular flexibility index (Phi) is 7.48. The highest BCUT2D eigenvalue weighted by Gasteiger charge is 2.42. The van der Waals surface area contributed by atoms with Gasteiger partial charge >= 0.3 is 0 Å². The van der Waals surface area contributed by atoms with E-state index in [9.17, 15) is 9.59 Å². The predicted octanol–water partition coefficient (Wildman–Crippen LogP) is 4.74. The first-order valence-corrected chi connectivity index (χ1v) is 15.0. The maximum absolute atomic E-state index is 15.7. The van der Waals surface area contributed by atoms with Gasteiger partial charge in [0.1, 0.15) is 24.3 Å². The van der Waals surface area contributed by atoms with E-state index >= 15 is 4.39 Å². The molecule has 0 spiro atoms. The molecule has 10 heteroatoms. The number of aryl methyl sites for hydroxylation is 1. The molecule has 0 bridgehead atoms. The third-order valence-corrected chi connectivity index (χ3v) is 9.13. The molecular formula is C33H39FN6O3. The molecular weight excluding hydrogens is 547 g/mol. The molecule has 0 saturated carbocycles. The first-order chi connectivity index (χ1) is 20.6. The molecule has 3 heterocycles. The Labute approximate surface area is 251 Å². The maximum Gasteiger partial charge on any atom is 0.274 e. The standard InChI is InChI=1S/C33H39FN6O3/c1-5-26(41)38(4)14-15-43-30-28(36-19-37-31(30)35)21-10-11-22-20(16-21)8-6-7-9-24(22)40-13-12-39-25-18-33(2,3)17-23(25)27(34)29(39)32(40)42/h5,10-11,16,19,24H,1,6-9,12-15,17-18H2,2-4H3,(H2,35,36,37). The second kappa shape index (κ2) is 11.1. The topological polar surface area (TPSA) is 107 Å². The van der Waals surface area contributed by atoms with E-state index in [0.717, 1.165) is 60.1 Å². The van der Waals surface area contributed by atoms with E-state index in [0.29, 0.717) is 37.5 Å². The fraction of sp³-hybridized carbons (Fsp3) is 0.455. The van der Waals surface area contributed by atoms with Crippen LogP contribution < -0.4 is 10.5 Å². The summed E-state index contributed by atoms with van der Waals surface area (Å²) in [6, 6.07) is 6.02. The molecule has 2 N–H and O–H groups in total. The third kappa shape index (κ3) is 5.17. The number of hydrogen-bond donors (Lipinski definition) is 1. The van der Waals surface area contributed by atoms with Crippen molar-refractivity contribution in [3.05, 3.63) is 71.1 Å². The van der Waals surface area contributed by atoms with E-state index in [-0.39, 0.29) is 47.2 Å². The summed E-state index contributed by atoms with van der Waals surface area (Å²) in [6.07, 6.45) is 7.78. The number of amides is 2. The van der Waals surface area contributed by atoms with Crippen molar-refractivity contribution >= 4 is 17.6 Å². The van der Waals surface area contributed by atoms with Gasteiger partial charge in [0.05, 0.1) is 12.6 Å². The lowest BCUT2D eigenvalue weighted by Crippen LogP contribution is -2.43. The van der Waals surface area contributed by atoms with Gasteiger partial charge in [0, 0.05) is 37.0 Å². The minimum Gasteiger partial charge on any atom is -0.486 e. The van der Waals surface area contributed by atoms with Gasteiger partial charge in [-0.3, -0.25) is 9.59 Å². The molecule has 6 rings (SSSR count). The van der Waals surface area contributed by atoms with Crippen LogP contribution in [-0.2, 0) is 30.6 Å². The Hall–Kier alpha value is -4.21. The number of rotatable bonds is 7. The Bertz CT molecular complexity index is 1610. The zero-order valence-corrected chi connectivity index (χ0v) is 25.2. The summed E-state index contributed by atoms with van der Waals surface area (Å²) in [7, 11) is 1.67. The summed E-state index contributed by atoms with van der Waals surface area (Å²) >= 11 is 0. The molecule has 1 unspecified atom stereocenters. The summed E-state index contributed by atoms with van der Waals surface area (Å²) in [5.41, 5.74) is 11.8. The molecule has 43 heavy (non-hydrogen) atoms. The zero-order valence-electron chi connectivity index (χ0n) is 25.2. The number of anilines is 1. The van der Waals surface area contributed by atoms with Crippen molar-refractivity contribution in [1.82, 2.24) is 24.3 Å². The Morgan fingerprint density at radius 3 is 2.86 bits per heavy atom. The Balaban J connectivity index is 1.28. The van der Waals surface area contributed by atoms with Crippen molar-refractivity contribution in [2.45, 2.75) is 65.0 Å². The number of fused-ring (bicyclic) bond motifs is 4. The maximum atomic E-state index is 15.7. The summed E-state index contributed by atoms with van der Waals surface area (Å²) in [4.78, 5) is 37.7. The number of nitrogens with two attached hydrogens (primary N) is 1. The van der Waals surface area contributed by atoms with E-state index < -0.39 is 0 Å². The molecule has 3 aromatic rings. The monoisotopic (exact) mass is 586 g/mol. The number of nitrogens with zero attached hydrogens (tertiary/aromatic N) is 5. The predicted molar refractivity (Wildman–Crippen MR) is 162 cm³/mol. The van der Waals surface area contributed by atoms with Crippen molar-refractivity contribution in [3.8, 4) is 17.0 Å². The molecule has 226 valence electrons. The molecule has 3 aliphatic rings. The highest BCUT2D eigenvalue weighted by molar-refractivity contribution is 5.95. The van der Waals surface area contributed by atoms with Crippen molar-refractivity contribution in [3.63, 3.8) is 0 Å². The van der Waals surface area contributed by atoms with Crippen LogP contribution in [0.1, 0.15) is 72.0 Å². The van der Waals surface area contributed by atoms with E-state index in [1.807, 2.05) is 15.5 Å². The number of aromatic nitrogens is 3. The van der Waals surface area contributed by atoms with Gasteiger partial charge in [-0.25, -0.2) is 14.4 Å². The van der Waals surface area contributed by atoms with Crippen molar-refractivity contribution < 1.29 is 18.7 Å². The molecule has 1 atom stereocenters. The van der Waals surface area contributed by atoms with Crippen LogP contribution in [0.2, 0.25) is 0 Å². The molecule has 0 radical (unpaired) electrons. The van der Waals surface area contributed by atoms with Crippen LogP contribution in [0, 0.1) is 11.2 Å². The molecule has 0 saturated heterocycles. The van der Waals surface area contributed by atoms with Gasteiger partial charge < -0.3 is 24.8 Å². The third-order valence-electron chi connectivity index (χ3n) is 9.13. The normalized spacial score (nSPS) is 18.8. The largest absolute Gasteiger partial charge is 0.486 e. The number of hydrogen-bond acceptors (Lipinski definition) is 6. The Morgan fingerprint density at radius 2 is 2.07 bits per heavy atom. The highest BCUT2D eigenvalue weighted by Crippen LogP contribution is 2.43. The number of nitrogen functional groups attached to an aromatic ring is 1. The smallest absolute Gasteiger partial charge is 0.274 e. The fourth-order valence-electron chi connectivity index (χ4n) is 6.97. The molecule has 1 aliphatic heterocycles. The summed E-state index contributed by atoms with van der Waals surface area (Å²) in [6.45, 7) is 9.55. The minimum absolute atomic E-state index is 0.0196. The number of ether oxygens (including phenoxy) is 1. The quantitative estimate of drug-likeness (QED) is 0.317. The van der Waals surface area contributed by atoms with E-state index in [1.54, 1.807) is 7.05 Å². The van der Waals surface area contributed by atoms with E-state index in [1.165, 1.54) is 17.3 Å². The average Bonchev–Trinajstić information content (AvgIpc) is 3.33. The lowest BCUT2D eigenvalue weighted by molar-refractivity contribution is -0.125. The highest BCUT2D eigenvalue weighted by atomic mass is 19.1. The number of carbonyl (C=O) groups excluding carboxylic acids is 2. The SMILES string of the molecule is C=CC(=O)N(C)CCOc1c(N)ncnc1-c1ccc2c(c1)CCCCC2N1CCn2c3c(c(F)c2C1=O)CC(C)(C)C3. The van der Waals surface area contributed by atoms with Gasteiger partial charge in [0.25, 0.3) is 5.91 Å². The Morgan fingerprint density at radius 1 is 1.26 bits per heavy atom. The first-order valence-electron chi connectivity index (χ1n) is 15.0. The molecule has 2 amide bonds. The van der Waals surface area contributed by atoms with Gasteiger partial charge in [-0.05, 0) is 60.8 Å². The van der Waals surface area contributed by atoms with Gasteiger partial charge in [-0.1, -0.05) is 39.0 Å². The number of benzene rings is 1. The van der Waals surface area contributed by atoms with E-state index in [4.69, 9.17) is 10.5 Å². The van der Waals surface area contributed by atoms with Gasteiger partial charge in [-0.2, -0.15) is 0 Å². The van der Waals surface area contributed by atoms with Crippen LogP contribution >= 0.6 is 0 Å². The van der Waals surface area contributed by atoms with Crippen LogP contribution in [0.25, 0.3) is 11.3 Å². The van der Waals surface area contributed by atoms with Crippen molar-refractivity contribution in [2.24, 2.45) is 5.41 Å². The fourth-order valence-corrected chi connectivity index (χ4v) is 6.97. The summed E-state index contributed by atoms with van der Waals surface area (Å²) in [5, 5.41) is 0. The van der Waals surface area contributed by atoms with Crippen LogP contribution in [0.3, 0.4) is 0 Å². The van der Waals surface area contributed by atoms with Crippen molar-refractivity contribution in [2.75, 3.05) is 32.5 Å². The lowest BCUT2D eigenvalue weighted by atomic mass is 9.90. The summed E-state index contributed by atoms with van der Waals surface area (Å²) in [5.74, 6) is -0.150. The first kappa shape index (κ1) is 28.9. The van der Waals surface area contributed by atoms with Crippen molar-refractivity contribution in [1.29, 1.82) is 0 Å². The second-order valence-corrected chi connectivity index (χ2v) is 12.7. The number of likely N-dealkylation sites (N-methyl/N-ethyl adjacent to an activating group) is 1. The molecule has 9 nitrogen and oxygen atoms in total. The zero-order chi connectivity index (χ0) is 30.5.